The number of hydroxylamine groups is 1. The molecule has 1 rings (SSSR count). The number of rotatable bonds is 4. The second-order valence-electron chi connectivity index (χ2n) is 2.51. The van der Waals surface area contributed by atoms with Gasteiger partial charge in [0.05, 0.1) is 13.2 Å². The number of aliphatic hydroxyl groups is 1. The zero-order chi connectivity index (χ0) is 10.4. The van der Waals surface area contributed by atoms with Crippen molar-refractivity contribution in [3.63, 3.8) is 0 Å². The molecule has 4 nitrogen and oxygen atoms in total. The van der Waals surface area contributed by atoms with E-state index in [9.17, 15) is 4.79 Å². The minimum Gasteiger partial charge on any atom is -0.394 e. The lowest BCUT2D eigenvalue weighted by atomic mass is 10.2. The first-order chi connectivity index (χ1) is 6.74. The van der Waals surface area contributed by atoms with Crippen LogP contribution >= 0.6 is 15.9 Å². The van der Waals surface area contributed by atoms with Crippen LogP contribution < -0.4 is 5.48 Å². The average molecular weight is 260 g/mol. The molecule has 2 N–H and O–H groups in total. The third-order valence-corrected chi connectivity index (χ3v) is 1.94. The molecule has 0 aromatic heterocycles. The van der Waals surface area contributed by atoms with Crippen molar-refractivity contribution in [2.24, 2.45) is 0 Å². The number of amides is 1. The molecule has 0 bridgehead atoms. The largest absolute Gasteiger partial charge is 0.394 e. The summed E-state index contributed by atoms with van der Waals surface area (Å²) >= 11 is 3.25. The Labute approximate surface area is 90.0 Å². The van der Waals surface area contributed by atoms with Crippen LogP contribution in [0.15, 0.2) is 28.7 Å². The molecule has 14 heavy (non-hydrogen) atoms. The van der Waals surface area contributed by atoms with E-state index in [1.807, 2.05) is 6.07 Å². The van der Waals surface area contributed by atoms with E-state index in [-0.39, 0.29) is 19.1 Å². The molecule has 0 saturated heterocycles. The minimum absolute atomic E-state index is 0.0831. The van der Waals surface area contributed by atoms with Crippen LogP contribution in [0.5, 0.6) is 0 Å². The molecule has 0 radical (unpaired) electrons. The van der Waals surface area contributed by atoms with Gasteiger partial charge in [-0.05, 0) is 18.2 Å². The molecule has 0 spiro atoms. The van der Waals surface area contributed by atoms with Gasteiger partial charge >= 0.3 is 0 Å². The van der Waals surface area contributed by atoms with Crippen molar-refractivity contribution in [1.29, 1.82) is 0 Å². The van der Waals surface area contributed by atoms with Crippen LogP contribution in [0.25, 0.3) is 0 Å². The van der Waals surface area contributed by atoms with Crippen molar-refractivity contribution in [1.82, 2.24) is 5.48 Å². The lowest BCUT2D eigenvalue weighted by Crippen LogP contribution is -2.25. The number of hydrogen-bond donors (Lipinski definition) is 2. The smallest absolute Gasteiger partial charge is 0.274 e. The molecule has 0 unspecified atom stereocenters. The van der Waals surface area contributed by atoms with Gasteiger partial charge in [0, 0.05) is 10.0 Å². The molecular formula is C9H10BrNO3. The van der Waals surface area contributed by atoms with Crippen LogP contribution in [0.2, 0.25) is 0 Å². The Morgan fingerprint density at radius 2 is 2.36 bits per heavy atom. The van der Waals surface area contributed by atoms with Gasteiger partial charge in [-0.15, -0.1) is 0 Å². The molecule has 0 aliphatic rings. The Hall–Kier alpha value is -0.910. The lowest BCUT2D eigenvalue weighted by Gasteiger charge is -2.04. The second kappa shape index (κ2) is 5.74. The van der Waals surface area contributed by atoms with E-state index in [0.717, 1.165) is 4.47 Å². The summed E-state index contributed by atoms with van der Waals surface area (Å²) in [5.74, 6) is -0.334. The molecule has 0 aliphatic carbocycles. The molecule has 0 aliphatic heterocycles. The number of aliphatic hydroxyl groups excluding tert-OH is 1. The van der Waals surface area contributed by atoms with Crippen LogP contribution in [0.4, 0.5) is 0 Å². The summed E-state index contributed by atoms with van der Waals surface area (Å²) < 4.78 is 0.826. The number of carbonyl (C=O) groups is 1. The van der Waals surface area contributed by atoms with Crippen LogP contribution in [0.3, 0.4) is 0 Å². The fraction of sp³-hybridized carbons (Fsp3) is 0.222. The molecule has 1 aromatic carbocycles. The van der Waals surface area contributed by atoms with E-state index in [4.69, 9.17) is 5.11 Å². The van der Waals surface area contributed by atoms with Gasteiger partial charge in [0.1, 0.15) is 0 Å². The Bertz CT molecular complexity index is 317. The molecule has 1 amide bonds. The molecule has 0 fully saturated rings. The van der Waals surface area contributed by atoms with E-state index < -0.39 is 0 Å². The van der Waals surface area contributed by atoms with Crippen molar-refractivity contribution in [2.75, 3.05) is 13.2 Å². The van der Waals surface area contributed by atoms with Crippen molar-refractivity contribution in [2.45, 2.75) is 0 Å². The zero-order valence-corrected chi connectivity index (χ0v) is 8.95. The van der Waals surface area contributed by atoms with Crippen molar-refractivity contribution >= 4 is 21.8 Å². The summed E-state index contributed by atoms with van der Waals surface area (Å²) in [4.78, 5) is 16.0. The van der Waals surface area contributed by atoms with E-state index in [2.05, 4.69) is 26.2 Å². The third-order valence-electron chi connectivity index (χ3n) is 1.45. The number of nitrogens with one attached hydrogen (secondary N) is 1. The Morgan fingerprint density at radius 3 is 3.00 bits per heavy atom. The molecule has 5 heteroatoms. The quantitative estimate of drug-likeness (QED) is 0.629. The van der Waals surface area contributed by atoms with Crippen molar-refractivity contribution < 1.29 is 14.7 Å². The van der Waals surface area contributed by atoms with Gasteiger partial charge in [-0.2, -0.15) is 0 Å². The Kier molecular flexibility index (Phi) is 4.58. The zero-order valence-electron chi connectivity index (χ0n) is 7.37. The number of hydrogen-bond acceptors (Lipinski definition) is 3. The van der Waals surface area contributed by atoms with Crippen molar-refractivity contribution in [3.05, 3.63) is 34.3 Å². The Balaban J connectivity index is 2.52. The maximum atomic E-state index is 11.3. The number of benzene rings is 1. The lowest BCUT2D eigenvalue weighted by molar-refractivity contribution is 0.0168. The summed E-state index contributed by atoms with van der Waals surface area (Å²) in [6.45, 7) is -0.0431. The predicted molar refractivity (Wildman–Crippen MR) is 54.6 cm³/mol. The van der Waals surface area contributed by atoms with Crippen LogP contribution in [0.1, 0.15) is 10.4 Å². The highest BCUT2D eigenvalue weighted by Gasteiger charge is 2.04. The Morgan fingerprint density at radius 1 is 1.57 bits per heavy atom. The highest BCUT2D eigenvalue weighted by Crippen LogP contribution is 2.11. The standard InChI is InChI=1S/C9H10BrNO3/c10-8-3-1-2-7(6-8)9(13)11-14-5-4-12/h1-3,6,12H,4-5H2,(H,11,13). The van der Waals surface area contributed by atoms with E-state index >= 15 is 0 Å². The first-order valence-electron chi connectivity index (χ1n) is 4.02. The van der Waals surface area contributed by atoms with Crippen LogP contribution in [-0.4, -0.2) is 24.2 Å². The molecule has 0 saturated carbocycles. The van der Waals surface area contributed by atoms with E-state index in [1.165, 1.54) is 0 Å². The van der Waals surface area contributed by atoms with E-state index in [1.54, 1.807) is 18.2 Å². The van der Waals surface area contributed by atoms with E-state index in [0.29, 0.717) is 5.56 Å². The second-order valence-corrected chi connectivity index (χ2v) is 3.43. The third kappa shape index (κ3) is 3.45. The molecule has 76 valence electrons. The molecule has 0 atom stereocenters. The maximum Gasteiger partial charge on any atom is 0.274 e. The summed E-state index contributed by atoms with van der Waals surface area (Å²) in [5, 5.41) is 8.41. The predicted octanol–water partition coefficient (Wildman–Crippen LogP) is 1.10. The summed E-state index contributed by atoms with van der Waals surface area (Å²) in [6.07, 6.45) is 0. The molecule has 1 aromatic rings. The van der Waals surface area contributed by atoms with Crippen molar-refractivity contribution in [3.8, 4) is 0 Å². The highest BCUT2D eigenvalue weighted by atomic mass is 79.9. The topological polar surface area (TPSA) is 58.6 Å². The van der Waals surface area contributed by atoms with Gasteiger partial charge in [-0.25, -0.2) is 5.48 Å². The molecular weight excluding hydrogens is 250 g/mol. The SMILES string of the molecule is O=C(NOCCO)c1cccc(Br)c1. The van der Waals surface area contributed by atoms with Gasteiger partial charge in [0.15, 0.2) is 0 Å². The minimum atomic E-state index is -0.334. The van der Waals surface area contributed by atoms with Gasteiger partial charge in [0.25, 0.3) is 5.91 Å². The summed E-state index contributed by atoms with van der Waals surface area (Å²) in [5.41, 5.74) is 2.70. The fourth-order valence-electron chi connectivity index (χ4n) is 0.851. The van der Waals surface area contributed by atoms with Gasteiger partial charge < -0.3 is 5.11 Å². The van der Waals surface area contributed by atoms with Crippen LogP contribution in [0, 0.1) is 0 Å². The van der Waals surface area contributed by atoms with Gasteiger partial charge in [0.2, 0.25) is 0 Å². The summed E-state index contributed by atoms with van der Waals surface area (Å²) in [7, 11) is 0. The molecule has 0 heterocycles. The van der Waals surface area contributed by atoms with Gasteiger partial charge in [-0.3, -0.25) is 9.63 Å². The highest BCUT2D eigenvalue weighted by molar-refractivity contribution is 9.10. The average Bonchev–Trinajstić information content (AvgIpc) is 2.18. The first kappa shape index (κ1) is 11.2. The fourth-order valence-corrected chi connectivity index (χ4v) is 1.25. The maximum absolute atomic E-state index is 11.3. The summed E-state index contributed by atoms with van der Waals surface area (Å²) in [6, 6.07) is 6.93. The number of carbonyl (C=O) groups excluding carboxylic acids is 1. The first-order valence-corrected chi connectivity index (χ1v) is 4.82. The number of halogens is 1. The normalized spacial score (nSPS) is 9.86. The monoisotopic (exact) mass is 259 g/mol. The van der Waals surface area contributed by atoms with Crippen LogP contribution in [-0.2, 0) is 4.84 Å². The van der Waals surface area contributed by atoms with Gasteiger partial charge in [-0.1, -0.05) is 22.0 Å².